The lowest BCUT2D eigenvalue weighted by Gasteiger charge is -2.17. The SMILES string of the molecule is CCCSCC(Cc1ccc(Cl)c(Cl)c1)NCC. The third-order valence-corrected chi connectivity index (χ3v) is 4.70. The Balaban J connectivity index is 2.55. The summed E-state index contributed by atoms with van der Waals surface area (Å²) in [5, 5.41) is 4.80. The van der Waals surface area contributed by atoms with Gasteiger partial charge in [0.05, 0.1) is 10.0 Å². The lowest BCUT2D eigenvalue weighted by atomic mass is 10.1. The number of halogens is 2. The highest BCUT2D eigenvalue weighted by atomic mass is 35.5. The van der Waals surface area contributed by atoms with Crippen LogP contribution >= 0.6 is 35.0 Å². The van der Waals surface area contributed by atoms with Crippen LogP contribution in [0.25, 0.3) is 0 Å². The highest BCUT2D eigenvalue weighted by molar-refractivity contribution is 7.99. The number of nitrogens with one attached hydrogen (secondary N) is 1. The van der Waals surface area contributed by atoms with Gasteiger partial charge in [-0.2, -0.15) is 11.8 Å². The maximum absolute atomic E-state index is 6.04. The summed E-state index contributed by atoms with van der Waals surface area (Å²) in [6.07, 6.45) is 2.23. The fraction of sp³-hybridized carbons (Fsp3) is 0.571. The van der Waals surface area contributed by atoms with Gasteiger partial charge in [0.25, 0.3) is 0 Å². The molecule has 1 nitrogen and oxygen atoms in total. The van der Waals surface area contributed by atoms with E-state index in [4.69, 9.17) is 23.2 Å². The molecule has 0 saturated carbocycles. The van der Waals surface area contributed by atoms with E-state index in [0.29, 0.717) is 16.1 Å². The average molecular weight is 306 g/mol. The van der Waals surface area contributed by atoms with Gasteiger partial charge in [0, 0.05) is 11.8 Å². The maximum Gasteiger partial charge on any atom is 0.0595 e. The van der Waals surface area contributed by atoms with Crippen LogP contribution in [0.15, 0.2) is 18.2 Å². The van der Waals surface area contributed by atoms with E-state index in [9.17, 15) is 0 Å². The first-order valence-electron chi connectivity index (χ1n) is 6.42. The van der Waals surface area contributed by atoms with E-state index < -0.39 is 0 Å². The average Bonchev–Trinajstić information content (AvgIpc) is 2.34. The lowest BCUT2D eigenvalue weighted by Crippen LogP contribution is -2.33. The predicted octanol–water partition coefficient (Wildman–Crippen LogP) is 4.66. The first-order chi connectivity index (χ1) is 8.67. The number of hydrogen-bond acceptors (Lipinski definition) is 2. The van der Waals surface area contributed by atoms with Gasteiger partial charge in [0.15, 0.2) is 0 Å². The van der Waals surface area contributed by atoms with Crippen molar-refractivity contribution in [3.63, 3.8) is 0 Å². The molecule has 0 heterocycles. The van der Waals surface area contributed by atoms with E-state index in [-0.39, 0.29) is 0 Å². The first kappa shape index (κ1) is 16.2. The largest absolute Gasteiger partial charge is 0.313 e. The van der Waals surface area contributed by atoms with Crippen LogP contribution in [0.5, 0.6) is 0 Å². The van der Waals surface area contributed by atoms with Gasteiger partial charge in [0.1, 0.15) is 0 Å². The summed E-state index contributed by atoms with van der Waals surface area (Å²) in [4.78, 5) is 0. The van der Waals surface area contributed by atoms with E-state index in [1.807, 2.05) is 23.9 Å². The normalized spacial score (nSPS) is 12.7. The smallest absolute Gasteiger partial charge is 0.0595 e. The minimum atomic E-state index is 0.504. The van der Waals surface area contributed by atoms with Crippen LogP contribution in [0.4, 0.5) is 0 Å². The topological polar surface area (TPSA) is 12.0 Å². The summed E-state index contributed by atoms with van der Waals surface area (Å²) < 4.78 is 0. The summed E-state index contributed by atoms with van der Waals surface area (Å²) in [5.74, 6) is 2.37. The Bertz CT molecular complexity index is 358. The number of hydrogen-bond donors (Lipinski definition) is 1. The minimum absolute atomic E-state index is 0.504. The molecule has 4 heteroatoms. The Morgan fingerprint density at radius 1 is 1.22 bits per heavy atom. The molecule has 1 atom stereocenters. The minimum Gasteiger partial charge on any atom is -0.313 e. The summed E-state index contributed by atoms with van der Waals surface area (Å²) in [5.41, 5.74) is 1.24. The van der Waals surface area contributed by atoms with Crippen molar-refractivity contribution >= 4 is 35.0 Å². The molecule has 1 rings (SSSR count). The number of thioether (sulfide) groups is 1. The van der Waals surface area contributed by atoms with Gasteiger partial charge in [-0.1, -0.05) is 43.1 Å². The summed E-state index contributed by atoms with van der Waals surface area (Å²) in [6.45, 7) is 5.36. The molecular formula is C14H21Cl2NS. The van der Waals surface area contributed by atoms with Crippen LogP contribution in [0.3, 0.4) is 0 Å². The van der Waals surface area contributed by atoms with Crippen LogP contribution in [-0.2, 0) is 6.42 Å². The molecule has 0 saturated heterocycles. The zero-order chi connectivity index (χ0) is 13.4. The predicted molar refractivity (Wildman–Crippen MR) is 85.2 cm³/mol. The van der Waals surface area contributed by atoms with Gasteiger partial charge in [0.2, 0.25) is 0 Å². The van der Waals surface area contributed by atoms with Crippen molar-refractivity contribution in [1.82, 2.24) is 5.32 Å². The second kappa shape index (κ2) is 9.08. The molecule has 0 aromatic heterocycles. The molecule has 0 aliphatic carbocycles. The van der Waals surface area contributed by atoms with E-state index in [1.165, 1.54) is 17.7 Å². The third-order valence-electron chi connectivity index (χ3n) is 2.63. The Labute approximate surface area is 125 Å². The zero-order valence-corrected chi connectivity index (χ0v) is 13.3. The van der Waals surface area contributed by atoms with Crippen LogP contribution < -0.4 is 5.32 Å². The Hall–Kier alpha value is 0.110. The van der Waals surface area contributed by atoms with Gasteiger partial charge in [-0.3, -0.25) is 0 Å². The van der Waals surface area contributed by atoms with Gasteiger partial charge in [-0.25, -0.2) is 0 Å². The molecule has 18 heavy (non-hydrogen) atoms. The van der Waals surface area contributed by atoms with Crippen molar-refractivity contribution in [2.45, 2.75) is 32.7 Å². The molecule has 0 fully saturated rings. The molecule has 0 aliphatic heterocycles. The molecule has 1 aromatic carbocycles. The van der Waals surface area contributed by atoms with Crippen molar-refractivity contribution in [3.05, 3.63) is 33.8 Å². The Kier molecular flexibility index (Phi) is 8.16. The number of rotatable bonds is 8. The first-order valence-corrected chi connectivity index (χ1v) is 8.33. The second-order valence-corrected chi connectivity index (χ2v) is 6.25. The van der Waals surface area contributed by atoms with Gasteiger partial charge in [-0.05, 0) is 42.8 Å². The molecule has 1 aromatic rings. The highest BCUT2D eigenvalue weighted by Gasteiger charge is 2.09. The Morgan fingerprint density at radius 2 is 2.00 bits per heavy atom. The van der Waals surface area contributed by atoms with Crippen molar-refractivity contribution in [3.8, 4) is 0 Å². The Morgan fingerprint density at radius 3 is 2.61 bits per heavy atom. The van der Waals surface area contributed by atoms with Crippen LogP contribution in [0.1, 0.15) is 25.8 Å². The second-order valence-electron chi connectivity index (χ2n) is 4.28. The fourth-order valence-electron chi connectivity index (χ4n) is 1.80. The highest BCUT2D eigenvalue weighted by Crippen LogP contribution is 2.23. The van der Waals surface area contributed by atoms with Gasteiger partial charge >= 0.3 is 0 Å². The third kappa shape index (κ3) is 5.83. The van der Waals surface area contributed by atoms with E-state index in [1.54, 1.807) is 0 Å². The summed E-state index contributed by atoms with van der Waals surface area (Å²) in [6, 6.07) is 6.41. The molecule has 1 unspecified atom stereocenters. The zero-order valence-electron chi connectivity index (χ0n) is 11.0. The standard InChI is InChI=1S/C14H21Cl2NS/c1-3-7-18-10-12(17-4-2)8-11-5-6-13(15)14(16)9-11/h5-6,9,12,17H,3-4,7-8,10H2,1-2H3. The van der Waals surface area contributed by atoms with Crippen molar-refractivity contribution in [2.75, 3.05) is 18.1 Å². The van der Waals surface area contributed by atoms with Crippen LogP contribution in [0.2, 0.25) is 10.0 Å². The molecule has 0 radical (unpaired) electrons. The molecule has 0 spiro atoms. The fourth-order valence-corrected chi connectivity index (χ4v) is 3.10. The summed E-state index contributed by atoms with van der Waals surface area (Å²) >= 11 is 14.0. The molecule has 0 amide bonds. The van der Waals surface area contributed by atoms with Crippen molar-refractivity contribution in [1.29, 1.82) is 0 Å². The summed E-state index contributed by atoms with van der Waals surface area (Å²) in [7, 11) is 0. The molecule has 0 aliphatic rings. The van der Waals surface area contributed by atoms with Gasteiger partial charge < -0.3 is 5.32 Å². The monoisotopic (exact) mass is 305 g/mol. The van der Waals surface area contributed by atoms with E-state index in [0.717, 1.165) is 18.7 Å². The van der Waals surface area contributed by atoms with Crippen molar-refractivity contribution in [2.24, 2.45) is 0 Å². The number of likely N-dealkylation sites (N-methyl/N-ethyl adjacent to an activating group) is 1. The van der Waals surface area contributed by atoms with E-state index >= 15 is 0 Å². The molecule has 1 N–H and O–H groups in total. The van der Waals surface area contributed by atoms with Crippen LogP contribution in [-0.4, -0.2) is 24.1 Å². The lowest BCUT2D eigenvalue weighted by molar-refractivity contribution is 0.572. The van der Waals surface area contributed by atoms with E-state index in [2.05, 4.69) is 25.2 Å². The van der Waals surface area contributed by atoms with Gasteiger partial charge in [-0.15, -0.1) is 0 Å². The molecule has 102 valence electrons. The van der Waals surface area contributed by atoms with Crippen LogP contribution in [0, 0.1) is 0 Å². The quantitative estimate of drug-likeness (QED) is 0.701. The number of benzene rings is 1. The molecule has 0 bridgehead atoms. The molecular weight excluding hydrogens is 285 g/mol. The maximum atomic E-state index is 6.04. The van der Waals surface area contributed by atoms with Crippen molar-refractivity contribution < 1.29 is 0 Å².